The molecule has 0 saturated heterocycles. The number of nitrogens with one attached hydrogen (secondary N) is 1. The number of hydrogen-bond donors (Lipinski definition) is 1. The molecule has 0 unspecified atom stereocenters. The number of amides is 1. The normalized spacial score (nSPS) is 10.4. The Bertz CT molecular complexity index is 803. The standard InChI is InChI=1S/C17H15N3O3S/c1-22-14-9-7-12(8-10-14)16-19-20-17(23-16)24-11-15(21)18-13-5-3-2-4-6-13/h2-10H,11H2,1H3,(H,18,21). The van der Waals surface area contributed by atoms with E-state index in [9.17, 15) is 4.79 Å². The molecule has 0 saturated carbocycles. The van der Waals surface area contributed by atoms with E-state index in [1.807, 2.05) is 54.6 Å². The molecule has 7 heteroatoms. The molecule has 0 bridgehead atoms. The van der Waals surface area contributed by atoms with E-state index in [2.05, 4.69) is 15.5 Å². The number of para-hydroxylation sites is 1. The van der Waals surface area contributed by atoms with Crippen molar-refractivity contribution in [3.63, 3.8) is 0 Å². The van der Waals surface area contributed by atoms with Gasteiger partial charge in [-0.3, -0.25) is 4.79 Å². The molecular formula is C17H15N3O3S. The van der Waals surface area contributed by atoms with Crippen LogP contribution in [0.25, 0.3) is 11.5 Å². The summed E-state index contributed by atoms with van der Waals surface area (Å²) in [7, 11) is 1.61. The second kappa shape index (κ2) is 7.65. The van der Waals surface area contributed by atoms with Crippen molar-refractivity contribution >= 4 is 23.4 Å². The predicted molar refractivity (Wildman–Crippen MR) is 92.1 cm³/mol. The molecule has 24 heavy (non-hydrogen) atoms. The Labute approximate surface area is 143 Å². The van der Waals surface area contributed by atoms with Gasteiger partial charge in [0.05, 0.1) is 12.9 Å². The average Bonchev–Trinajstić information content (AvgIpc) is 3.10. The molecule has 0 fully saturated rings. The molecule has 0 atom stereocenters. The van der Waals surface area contributed by atoms with E-state index in [1.54, 1.807) is 7.11 Å². The Morgan fingerprint density at radius 2 is 1.88 bits per heavy atom. The zero-order chi connectivity index (χ0) is 16.8. The summed E-state index contributed by atoms with van der Waals surface area (Å²) in [5, 5.41) is 11.1. The summed E-state index contributed by atoms with van der Waals surface area (Å²) in [5.74, 6) is 1.23. The van der Waals surface area contributed by atoms with Crippen molar-refractivity contribution in [1.82, 2.24) is 10.2 Å². The number of anilines is 1. The van der Waals surface area contributed by atoms with Crippen LogP contribution in [0.15, 0.2) is 64.2 Å². The zero-order valence-corrected chi connectivity index (χ0v) is 13.7. The lowest BCUT2D eigenvalue weighted by Gasteiger charge is -2.02. The molecule has 6 nitrogen and oxygen atoms in total. The highest BCUT2D eigenvalue weighted by molar-refractivity contribution is 7.99. The average molecular weight is 341 g/mol. The van der Waals surface area contributed by atoms with Crippen LogP contribution in [0.5, 0.6) is 5.75 Å². The van der Waals surface area contributed by atoms with Crippen molar-refractivity contribution in [3.8, 4) is 17.2 Å². The summed E-state index contributed by atoms with van der Waals surface area (Å²) >= 11 is 1.19. The van der Waals surface area contributed by atoms with Gasteiger partial charge in [0.25, 0.3) is 5.22 Å². The van der Waals surface area contributed by atoms with Crippen molar-refractivity contribution < 1.29 is 13.9 Å². The number of ether oxygens (including phenoxy) is 1. The van der Waals surface area contributed by atoms with Gasteiger partial charge < -0.3 is 14.5 Å². The lowest BCUT2D eigenvalue weighted by atomic mass is 10.2. The molecule has 0 radical (unpaired) electrons. The Kier molecular flexibility index (Phi) is 5.12. The van der Waals surface area contributed by atoms with E-state index >= 15 is 0 Å². The van der Waals surface area contributed by atoms with Crippen molar-refractivity contribution in [2.24, 2.45) is 0 Å². The molecule has 0 spiro atoms. The smallest absolute Gasteiger partial charge is 0.277 e. The molecule has 3 aromatic rings. The second-order valence-corrected chi connectivity index (χ2v) is 5.73. The van der Waals surface area contributed by atoms with Crippen molar-refractivity contribution in [3.05, 3.63) is 54.6 Å². The maximum atomic E-state index is 11.9. The van der Waals surface area contributed by atoms with E-state index in [1.165, 1.54) is 11.8 Å². The van der Waals surface area contributed by atoms with Crippen molar-refractivity contribution in [1.29, 1.82) is 0 Å². The highest BCUT2D eigenvalue weighted by Gasteiger charge is 2.11. The molecule has 0 aliphatic rings. The number of carbonyl (C=O) groups excluding carboxylic acids is 1. The van der Waals surface area contributed by atoms with E-state index in [0.717, 1.165) is 17.0 Å². The summed E-state index contributed by atoms with van der Waals surface area (Å²) in [4.78, 5) is 11.9. The minimum absolute atomic E-state index is 0.129. The highest BCUT2D eigenvalue weighted by Crippen LogP contribution is 2.24. The molecule has 1 amide bonds. The fraction of sp³-hybridized carbons (Fsp3) is 0.118. The molecule has 122 valence electrons. The number of carbonyl (C=O) groups is 1. The third kappa shape index (κ3) is 4.14. The number of rotatable bonds is 6. The van der Waals surface area contributed by atoms with Crippen LogP contribution in [0.1, 0.15) is 0 Å². The van der Waals surface area contributed by atoms with Gasteiger partial charge in [0.1, 0.15) is 5.75 Å². The number of thioether (sulfide) groups is 1. The van der Waals surface area contributed by atoms with Gasteiger partial charge in [0.2, 0.25) is 11.8 Å². The van der Waals surface area contributed by atoms with Crippen LogP contribution < -0.4 is 10.1 Å². The fourth-order valence-electron chi connectivity index (χ4n) is 1.96. The first-order valence-electron chi connectivity index (χ1n) is 7.20. The lowest BCUT2D eigenvalue weighted by molar-refractivity contribution is -0.113. The van der Waals surface area contributed by atoms with Crippen LogP contribution in [0.2, 0.25) is 0 Å². The van der Waals surface area contributed by atoms with Crippen molar-refractivity contribution in [2.45, 2.75) is 5.22 Å². The maximum Gasteiger partial charge on any atom is 0.277 e. The molecule has 0 aliphatic carbocycles. The van der Waals surface area contributed by atoms with Gasteiger partial charge in [0, 0.05) is 11.3 Å². The summed E-state index contributed by atoms with van der Waals surface area (Å²) in [6.45, 7) is 0. The van der Waals surface area contributed by atoms with E-state index < -0.39 is 0 Å². The summed E-state index contributed by atoms with van der Waals surface area (Å²) in [6, 6.07) is 16.6. The van der Waals surface area contributed by atoms with Gasteiger partial charge in [0.15, 0.2) is 0 Å². The van der Waals surface area contributed by atoms with Gasteiger partial charge in [-0.25, -0.2) is 0 Å². The Balaban J connectivity index is 1.56. The number of nitrogens with zero attached hydrogens (tertiary/aromatic N) is 2. The number of hydrogen-bond acceptors (Lipinski definition) is 6. The Hall–Kier alpha value is -2.80. The maximum absolute atomic E-state index is 11.9. The molecule has 2 aromatic carbocycles. The van der Waals surface area contributed by atoms with Crippen LogP contribution in [0, 0.1) is 0 Å². The molecule has 1 aromatic heterocycles. The van der Waals surface area contributed by atoms with Gasteiger partial charge in [-0.05, 0) is 36.4 Å². The Morgan fingerprint density at radius 3 is 2.58 bits per heavy atom. The summed E-state index contributed by atoms with van der Waals surface area (Å²) in [5.41, 5.74) is 1.55. The zero-order valence-electron chi connectivity index (χ0n) is 12.9. The number of methoxy groups -OCH3 is 1. The largest absolute Gasteiger partial charge is 0.497 e. The highest BCUT2D eigenvalue weighted by atomic mass is 32.2. The topological polar surface area (TPSA) is 77.2 Å². The van der Waals surface area contributed by atoms with E-state index in [-0.39, 0.29) is 11.7 Å². The third-order valence-corrected chi connectivity index (χ3v) is 3.95. The number of aromatic nitrogens is 2. The van der Waals surface area contributed by atoms with Gasteiger partial charge >= 0.3 is 0 Å². The molecule has 1 N–H and O–H groups in total. The van der Waals surface area contributed by atoms with E-state index in [4.69, 9.17) is 9.15 Å². The molecule has 3 rings (SSSR count). The van der Waals surface area contributed by atoms with Gasteiger partial charge in [-0.15, -0.1) is 10.2 Å². The lowest BCUT2D eigenvalue weighted by Crippen LogP contribution is -2.13. The van der Waals surface area contributed by atoms with Gasteiger partial charge in [-0.2, -0.15) is 0 Å². The van der Waals surface area contributed by atoms with Crippen LogP contribution in [0.4, 0.5) is 5.69 Å². The first kappa shape index (κ1) is 16.1. The van der Waals surface area contributed by atoms with Crippen LogP contribution in [0.3, 0.4) is 0 Å². The first-order valence-corrected chi connectivity index (χ1v) is 8.19. The molecule has 0 aliphatic heterocycles. The first-order chi connectivity index (χ1) is 11.7. The Morgan fingerprint density at radius 1 is 1.12 bits per heavy atom. The SMILES string of the molecule is COc1ccc(-c2nnc(SCC(=O)Nc3ccccc3)o2)cc1. The minimum Gasteiger partial charge on any atom is -0.497 e. The predicted octanol–water partition coefficient (Wildman–Crippen LogP) is 3.48. The van der Waals surface area contributed by atoms with Crippen LogP contribution >= 0.6 is 11.8 Å². The molecule has 1 heterocycles. The quantitative estimate of drug-likeness (QED) is 0.692. The third-order valence-electron chi connectivity index (χ3n) is 3.13. The van der Waals surface area contributed by atoms with Crippen molar-refractivity contribution in [2.75, 3.05) is 18.2 Å². The van der Waals surface area contributed by atoms with Crippen LogP contribution in [-0.2, 0) is 4.79 Å². The van der Waals surface area contributed by atoms with Crippen LogP contribution in [-0.4, -0.2) is 29.0 Å². The van der Waals surface area contributed by atoms with E-state index in [0.29, 0.717) is 11.1 Å². The monoisotopic (exact) mass is 341 g/mol. The molecular weight excluding hydrogens is 326 g/mol. The van der Waals surface area contributed by atoms with Gasteiger partial charge in [-0.1, -0.05) is 30.0 Å². The summed E-state index contributed by atoms with van der Waals surface area (Å²) in [6.07, 6.45) is 0. The summed E-state index contributed by atoms with van der Waals surface area (Å²) < 4.78 is 10.7. The number of benzene rings is 2. The second-order valence-electron chi connectivity index (χ2n) is 4.80. The fourth-order valence-corrected chi connectivity index (χ4v) is 2.53. The minimum atomic E-state index is -0.129.